The molecule has 0 aliphatic carbocycles. The molecule has 0 radical (unpaired) electrons. The zero-order valence-electron chi connectivity index (χ0n) is 13.9. The first-order chi connectivity index (χ1) is 8.98. The van der Waals surface area contributed by atoms with Crippen LogP contribution in [0.4, 0.5) is 0 Å². The summed E-state index contributed by atoms with van der Waals surface area (Å²) >= 11 is 0. The van der Waals surface area contributed by atoms with Crippen LogP contribution in [0.2, 0.25) is 0 Å². The van der Waals surface area contributed by atoms with E-state index in [1.165, 1.54) is 12.3 Å². The van der Waals surface area contributed by atoms with Crippen LogP contribution in [0.15, 0.2) is 21.9 Å². The van der Waals surface area contributed by atoms with Crippen LogP contribution in [-0.2, 0) is 14.4 Å². The van der Waals surface area contributed by atoms with Crippen LogP contribution in [0.25, 0.3) is 0 Å². The van der Waals surface area contributed by atoms with Crippen molar-refractivity contribution in [2.24, 2.45) is 0 Å². The van der Waals surface area contributed by atoms with Crippen molar-refractivity contribution in [3.8, 4) is 0 Å². The summed E-state index contributed by atoms with van der Waals surface area (Å²) < 4.78 is 0. The van der Waals surface area contributed by atoms with Crippen LogP contribution in [-0.4, -0.2) is 27.9 Å². The van der Waals surface area contributed by atoms with Crippen LogP contribution in [0.3, 0.4) is 0 Å². The Morgan fingerprint density at radius 3 is 1.22 bits per heavy atom. The molecule has 0 fully saturated rings. The van der Waals surface area contributed by atoms with Gasteiger partial charge in [0.25, 0.3) is 5.56 Å². The van der Waals surface area contributed by atoms with Crippen LogP contribution < -0.4 is 115 Å². The number of carboxylic acids is 3. The zero-order chi connectivity index (χ0) is 16.7. The maximum atomic E-state index is 10.2. The minimum Gasteiger partial charge on any atom is -0.550 e. The van der Waals surface area contributed by atoms with Gasteiger partial charge in [-0.1, -0.05) is 0 Å². The normalized spacial score (nSPS) is 6.39. The minimum absolute atomic E-state index is 0. The van der Waals surface area contributed by atoms with Crippen molar-refractivity contribution < 1.29 is 118 Å². The molecule has 1 aromatic rings. The molecule has 114 valence electrons. The second-order valence-corrected chi connectivity index (χ2v) is 2.77. The molecular formula is C10H13N2Na3O8. The Hall–Kier alpha value is 0.0900. The number of carboxylic acid groups (broad SMARTS) is 3. The Balaban J connectivity index is -0.0000000428. The van der Waals surface area contributed by atoms with Crippen LogP contribution in [0.1, 0.15) is 20.8 Å². The number of carbonyl (C=O) groups excluding carboxylic acids is 3. The first-order valence-corrected chi connectivity index (χ1v) is 4.79. The number of aliphatic carboxylic acids is 3. The van der Waals surface area contributed by atoms with Crippen LogP contribution in [0.5, 0.6) is 0 Å². The van der Waals surface area contributed by atoms with E-state index in [-0.39, 0.29) is 94.2 Å². The first-order valence-electron chi connectivity index (χ1n) is 4.79. The minimum atomic E-state index is -1.08. The molecule has 0 amide bonds. The van der Waals surface area contributed by atoms with Crippen molar-refractivity contribution in [1.29, 1.82) is 0 Å². The summed E-state index contributed by atoms with van der Waals surface area (Å²) in [6, 6.07) is 1.24. The monoisotopic (exact) mass is 358 g/mol. The molecule has 0 saturated carbocycles. The number of rotatable bonds is 0. The Morgan fingerprint density at radius 2 is 1.09 bits per heavy atom. The fourth-order valence-electron chi connectivity index (χ4n) is 0.383. The van der Waals surface area contributed by atoms with Crippen molar-refractivity contribution in [1.82, 2.24) is 9.97 Å². The third-order valence-electron chi connectivity index (χ3n) is 0.686. The molecule has 1 aromatic heterocycles. The van der Waals surface area contributed by atoms with Crippen LogP contribution in [0, 0.1) is 0 Å². The van der Waals surface area contributed by atoms with Gasteiger partial charge in [-0.25, -0.2) is 4.79 Å². The van der Waals surface area contributed by atoms with Gasteiger partial charge in [0.2, 0.25) is 0 Å². The van der Waals surface area contributed by atoms with Crippen molar-refractivity contribution >= 4 is 17.9 Å². The van der Waals surface area contributed by atoms with Gasteiger partial charge in [-0.2, -0.15) is 0 Å². The van der Waals surface area contributed by atoms with E-state index in [1.54, 1.807) is 0 Å². The molecule has 10 nitrogen and oxygen atoms in total. The van der Waals surface area contributed by atoms with Gasteiger partial charge >= 0.3 is 94.4 Å². The fraction of sp³-hybridized carbons (Fsp3) is 0.300. The molecule has 0 bridgehead atoms. The van der Waals surface area contributed by atoms with E-state index in [4.69, 9.17) is 29.7 Å². The van der Waals surface area contributed by atoms with Crippen molar-refractivity contribution in [3.05, 3.63) is 33.1 Å². The SMILES string of the molecule is CC(=O)[O-].CC(=O)[O-].CC(=O)[O-].O=c1cc[nH]c(=O)[nH]1.[Na+].[Na+].[Na+]. The van der Waals surface area contributed by atoms with E-state index in [0.29, 0.717) is 0 Å². The molecule has 0 atom stereocenters. The molecular weight excluding hydrogens is 345 g/mol. The summed E-state index contributed by atoms with van der Waals surface area (Å²) in [7, 11) is 0. The zero-order valence-corrected chi connectivity index (χ0v) is 19.9. The molecule has 13 heteroatoms. The molecule has 23 heavy (non-hydrogen) atoms. The summed E-state index contributed by atoms with van der Waals surface area (Å²) in [5.41, 5.74) is -0.855. The maximum Gasteiger partial charge on any atom is 1.00 e. The van der Waals surface area contributed by atoms with E-state index in [0.717, 1.165) is 20.8 Å². The Labute approximate surface area is 198 Å². The number of nitrogens with one attached hydrogen (secondary N) is 2. The molecule has 0 aliphatic heterocycles. The van der Waals surface area contributed by atoms with Gasteiger partial charge in [-0.3, -0.25) is 9.78 Å². The smallest absolute Gasteiger partial charge is 0.550 e. The molecule has 1 rings (SSSR count). The van der Waals surface area contributed by atoms with Gasteiger partial charge in [0.1, 0.15) is 0 Å². The second-order valence-electron chi connectivity index (χ2n) is 2.77. The third kappa shape index (κ3) is 87.6. The summed E-state index contributed by atoms with van der Waals surface area (Å²) in [5, 5.41) is 26.7. The average molecular weight is 358 g/mol. The van der Waals surface area contributed by atoms with E-state index >= 15 is 0 Å². The van der Waals surface area contributed by atoms with Gasteiger partial charge < -0.3 is 34.7 Å². The standard InChI is InChI=1S/C4H4N2O2.3C2H4O2.3Na/c7-3-1-2-5-4(8)6-3;3*1-2(3)4;;;/h1-2H,(H2,5,6,7,8);3*1H3,(H,3,4);;;/q;;;;3*+1/p-3. The van der Waals surface area contributed by atoms with Crippen LogP contribution >= 0.6 is 0 Å². The summed E-state index contributed by atoms with van der Waals surface area (Å²) in [6.07, 6.45) is 1.29. The number of hydrogen-bond donors (Lipinski definition) is 2. The molecule has 0 aromatic carbocycles. The molecule has 0 aliphatic rings. The fourth-order valence-corrected chi connectivity index (χ4v) is 0.383. The average Bonchev–Trinajstić information content (AvgIpc) is 2.13. The summed E-state index contributed by atoms with van der Waals surface area (Å²) in [4.78, 5) is 51.3. The van der Waals surface area contributed by atoms with E-state index in [9.17, 15) is 9.59 Å². The first kappa shape index (κ1) is 38.6. The van der Waals surface area contributed by atoms with E-state index < -0.39 is 23.6 Å². The van der Waals surface area contributed by atoms with E-state index in [2.05, 4.69) is 4.98 Å². The Bertz CT molecular complexity index is 463. The number of aromatic nitrogens is 2. The summed E-state index contributed by atoms with van der Waals surface area (Å²) in [6.45, 7) is 2.92. The summed E-state index contributed by atoms with van der Waals surface area (Å²) in [5.74, 6) is -3.25. The molecule has 0 spiro atoms. The molecule has 0 unspecified atom stereocenters. The van der Waals surface area contributed by atoms with Gasteiger partial charge in [-0.05, 0) is 20.8 Å². The van der Waals surface area contributed by atoms with Gasteiger partial charge in [0.15, 0.2) is 0 Å². The maximum absolute atomic E-state index is 10.2. The van der Waals surface area contributed by atoms with Gasteiger partial charge in [0, 0.05) is 30.2 Å². The number of aromatic amines is 2. The predicted molar refractivity (Wildman–Crippen MR) is 59.7 cm³/mol. The Morgan fingerprint density at radius 1 is 0.826 bits per heavy atom. The predicted octanol–water partition coefficient (Wildman–Crippen LogP) is -13.7. The molecule has 1 heterocycles. The van der Waals surface area contributed by atoms with E-state index in [1.807, 2.05) is 4.98 Å². The number of H-pyrrole nitrogens is 2. The number of hydrogen-bond acceptors (Lipinski definition) is 8. The Kier molecular flexibility index (Phi) is 45.2. The van der Waals surface area contributed by atoms with Crippen molar-refractivity contribution in [2.45, 2.75) is 20.8 Å². The van der Waals surface area contributed by atoms with Crippen molar-refractivity contribution in [2.75, 3.05) is 0 Å². The van der Waals surface area contributed by atoms with Crippen molar-refractivity contribution in [3.63, 3.8) is 0 Å². The molecule has 2 N–H and O–H groups in total. The van der Waals surface area contributed by atoms with Gasteiger partial charge in [0.05, 0.1) is 0 Å². The molecule has 0 saturated heterocycles. The quantitative estimate of drug-likeness (QED) is 0.428. The second kappa shape index (κ2) is 27.0. The third-order valence-corrected chi connectivity index (χ3v) is 0.686. The topological polar surface area (TPSA) is 186 Å². The number of carbonyl (C=O) groups is 3. The van der Waals surface area contributed by atoms with Gasteiger partial charge in [-0.15, -0.1) is 0 Å². The largest absolute Gasteiger partial charge is 1.00 e.